The highest BCUT2D eigenvalue weighted by Crippen LogP contribution is 2.42. The predicted molar refractivity (Wildman–Crippen MR) is 125 cm³/mol. The molecule has 2 rings (SSSR count). The molecule has 1 amide bonds. The maximum Gasteiger partial charge on any atom is 0.328 e. The first-order valence-electron chi connectivity index (χ1n) is 9.44. The number of phenols is 1. The second-order valence-electron chi connectivity index (χ2n) is 7.34. The SMILES string of the molecule is CC(C)OC(=O)C(C)NC(=O)c1cc(Oc2c(Br)cc(C(C)(O)P=O)cc2Br)ccc1O. The number of carbonyl (C=O) groups excluding carboxylic acids is 2. The predicted octanol–water partition coefficient (Wildman–Crippen LogP) is 5.24. The molecule has 0 heterocycles. The summed E-state index contributed by atoms with van der Waals surface area (Å²) in [5.41, 5.74) is 0.289. The molecule has 2 atom stereocenters. The molecule has 2 aromatic rings. The van der Waals surface area contributed by atoms with Crippen molar-refractivity contribution in [3.63, 3.8) is 0 Å². The van der Waals surface area contributed by atoms with Crippen LogP contribution in [0.25, 0.3) is 0 Å². The van der Waals surface area contributed by atoms with E-state index in [1.807, 2.05) is 0 Å². The molecule has 0 aliphatic rings. The summed E-state index contributed by atoms with van der Waals surface area (Å²) in [4.78, 5) is 24.5. The van der Waals surface area contributed by atoms with Crippen molar-refractivity contribution in [2.24, 2.45) is 0 Å². The van der Waals surface area contributed by atoms with E-state index >= 15 is 0 Å². The molecular formula is C21H22Br2NO7P. The van der Waals surface area contributed by atoms with E-state index in [0.717, 1.165) is 0 Å². The molecule has 0 spiro atoms. The van der Waals surface area contributed by atoms with Crippen LogP contribution >= 0.6 is 40.3 Å². The van der Waals surface area contributed by atoms with E-state index in [0.29, 0.717) is 20.3 Å². The van der Waals surface area contributed by atoms with Gasteiger partial charge in [-0.3, -0.25) is 9.36 Å². The minimum Gasteiger partial charge on any atom is -0.507 e. The third-order valence-corrected chi connectivity index (χ3v) is 6.00. The maximum atomic E-state index is 12.6. The summed E-state index contributed by atoms with van der Waals surface area (Å²) in [5.74, 6) is -1.01. The zero-order chi connectivity index (χ0) is 24.2. The van der Waals surface area contributed by atoms with Gasteiger partial charge in [0.2, 0.25) is 0 Å². The van der Waals surface area contributed by atoms with Crippen LogP contribution in [-0.4, -0.2) is 34.2 Å². The van der Waals surface area contributed by atoms with Gasteiger partial charge in [0.25, 0.3) is 5.91 Å². The Morgan fingerprint density at radius 1 is 1.12 bits per heavy atom. The van der Waals surface area contributed by atoms with Gasteiger partial charge in [-0.1, -0.05) is 0 Å². The first-order valence-corrected chi connectivity index (χ1v) is 11.8. The number of carbonyl (C=O) groups is 2. The third kappa shape index (κ3) is 6.51. The van der Waals surface area contributed by atoms with Crippen molar-refractivity contribution in [3.8, 4) is 17.2 Å². The minimum absolute atomic E-state index is 0.0938. The molecule has 0 saturated carbocycles. The smallest absolute Gasteiger partial charge is 0.328 e. The Morgan fingerprint density at radius 3 is 2.25 bits per heavy atom. The molecule has 172 valence electrons. The van der Waals surface area contributed by atoms with Gasteiger partial charge in [-0.05, 0) is 95.5 Å². The molecule has 0 saturated heterocycles. The number of ether oxygens (including phenoxy) is 2. The molecular weight excluding hydrogens is 569 g/mol. The standard InChI is InChI=1S/C21H22Br2NO7P/c1-10(2)30-20(27)11(3)24-19(26)14-9-13(5-6-17(14)25)31-18-15(22)7-12(8-16(18)23)21(4,28)32-29/h5-11,25,28H,1-4H3,(H,24,26). The number of rotatable bonds is 8. The van der Waals surface area contributed by atoms with Gasteiger partial charge in [-0.15, -0.1) is 0 Å². The normalized spacial score (nSPS) is 14.0. The molecule has 32 heavy (non-hydrogen) atoms. The van der Waals surface area contributed by atoms with Gasteiger partial charge in [0, 0.05) is 0 Å². The third-order valence-electron chi connectivity index (χ3n) is 4.21. The van der Waals surface area contributed by atoms with Crippen molar-refractivity contribution >= 4 is 52.2 Å². The second-order valence-corrected chi connectivity index (χ2v) is 10.1. The van der Waals surface area contributed by atoms with E-state index in [2.05, 4.69) is 37.2 Å². The Balaban J connectivity index is 2.27. The molecule has 0 bridgehead atoms. The van der Waals surface area contributed by atoms with Crippen molar-refractivity contribution in [2.45, 2.75) is 45.2 Å². The van der Waals surface area contributed by atoms with Crippen LogP contribution in [0.2, 0.25) is 0 Å². The van der Waals surface area contributed by atoms with E-state index in [1.165, 1.54) is 32.0 Å². The Hall–Kier alpha value is -2.00. The average molecular weight is 591 g/mol. The van der Waals surface area contributed by atoms with E-state index < -0.39 is 31.7 Å². The summed E-state index contributed by atoms with van der Waals surface area (Å²) in [6, 6.07) is 6.27. The summed E-state index contributed by atoms with van der Waals surface area (Å²) in [7, 11) is -0.464. The fourth-order valence-corrected chi connectivity index (χ4v) is 4.11. The van der Waals surface area contributed by atoms with Crippen LogP contribution in [0.3, 0.4) is 0 Å². The molecule has 3 N–H and O–H groups in total. The highest BCUT2D eigenvalue weighted by atomic mass is 79.9. The van der Waals surface area contributed by atoms with Crippen molar-refractivity contribution < 1.29 is 33.8 Å². The van der Waals surface area contributed by atoms with Crippen LogP contribution in [0.1, 0.15) is 43.6 Å². The number of benzene rings is 2. The van der Waals surface area contributed by atoms with Gasteiger partial charge in [-0.25, -0.2) is 4.79 Å². The number of esters is 1. The van der Waals surface area contributed by atoms with E-state index in [-0.39, 0.29) is 23.2 Å². The first-order chi connectivity index (χ1) is 14.9. The molecule has 0 radical (unpaired) electrons. The van der Waals surface area contributed by atoms with E-state index in [4.69, 9.17) is 9.47 Å². The fourth-order valence-electron chi connectivity index (χ4n) is 2.53. The Kier molecular flexibility index (Phi) is 8.82. The quantitative estimate of drug-likeness (QED) is 0.284. The van der Waals surface area contributed by atoms with Crippen LogP contribution in [0.5, 0.6) is 17.2 Å². The number of aromatic hydroxyl groups is 1. The number of phenolic OH excluding ortho intramolecular Hbond substituents is 1. The number of amides is 1. The number of aliphatic hydroxyl groups is 1. The number of nitrogens with one attached hydrogen (secondary N) is 1. The van der Waals surface area contributed by atoms with Crippen LogP contribution in [0.15, 0.2) is 39.3 Å². The van der Waals surface area contributed by atoms with Crippen LogP contribution < -0.4 is 10.1 Å². The van der Waals surface area contributed by atoms with Gasteiger partial charge < -0.3 is 25.0 Å². The molecule has 0 aliphatic carbocycles. The van der Waals surface area contributed by atoms with Crippen molar-refractivity contribution in [1.82, 2.24) is 5.32 Å². The lowest BCUT2D eigenvalue weighted by atomic mass is 10.1. The molecule has 0 fully saturated rings. The maximum absolute atomic E-state index is 12.6. The summed E-state index contributed by atoms with van der Waals surface area (Å²) in [6.07, 6.45) is -0.327. The van der Waals surface area contributed by atoms with Gasteiger partial charge in [0.1, 0.15) is 17.5 Å². The van der Waals surface area contributed by atoms with Gasteiger partial charge in [0.05, 0.1) is 20.6 Å². The van der Waals surface area contributed by atoms with Crippen LogP contribution in [0, 0.1) is 0 Å². The molecule has 2 unspecified atom stereocenters. The summed E-state index contributed by atoms with van der Waals surface area (Å²) in [6.45, 7) is 6.28. The number of hydrogen-bond acceptors (Lipinski definition) is 7. The Morgan fingerprint density at radius 2 is 1.72 bits per heavy atom. The van der Waals surface area contributed by atoms with Crippen molar-refractivity contribution in [1.29, 1.82) is 0 Å². The lowest BCUT2D eigenvalue weighted by Gasteiger charge is -2.18. The minimum atomic E-state index is -1.58. The average Bonchev–Trinajstić information content (AvgIpc) is 2.70. The van der Waals surface area contributed by atoms with Crippen LogP contribution in [-0.2, 0) is 19.4 Å². The van der Waals surface area contributed by atoms with E-state index in [1.54, 1.807) is 26.0 Å². The summed E-state index contributed by atoms with van der Waals surface area (Å²) >= 11 is 6.71. The second kappa shape index (κ2) is 10.7. The topological polar surface area (TPSA) is 122 Å². The summed E-state index contributed by atoms with van der Waals surface area (Å²) in [5, 5.41) is 21.2. The Labute approximate surface area is 203 Å². The molecule has 2 aromatic carbocycles. The lowest BCUT2D eigenvalue weighted by Crippen LogP contribution is -2.40. The first kappa shape index (κ1) is 26.3. The van der Waals surface area contributed by atoms with Crippen molar-refractivity contribution in [2.75, 3.05) is 0 Å². The molecule has 0 aromatic heterocycles. The fraction of sp³-hybridized carbons (Fsp3) is 0.333. The zero-order valence-corrected chi connectivity index (χ0v) is 21.7. The summed E-state index contributed by atoms with van der Waals surface area (Å²) < 4.78 is 23.0. The van der Waals surface area contributed by atoms with Gasteiger partial charge in [0.15, 0.2) is 19.6 Å². The molecule has 11 heteroatoms. The van der Waals surface area contributed by atoms with E-state index in [9.17, 15) is 24.4 Å². The number of hydrogen-bond donors (Lipinski definition) is 3. The molecule has 8 nitrogen and oxygen atoms in total. The van der Waals surface area contributed by atoms with Crippen molar-refractivity contribution in [3.05, 3.63) is 50.4 Å². The number of halogens is 2. The largest absolute Gasteiger partial charge is 0.507 e. The van der Waals surface area contributed by atoms with Crippen LogP contribution in [0.4, 0.5) is 0 Å². The molecule has 0 aliphatic heterocycles. The van der Waals surface area contributed by atoms with Gasteiger partial charge >= 0.3 is 5.97 Å². The zero-order valence-electron chi connectivity index (χ0n) is 17.7. The highest BCUT2D eigenvalue weighted by Gasteiger charge is 2.26. The highest BCUT2D eigenvalue weighted by molar-refractivity contribution is 9.11. The Bertz CT molecular complexity index is 1020. The lowest BCUT2D eigenvalue weighted by molar-refractivity contribution is -0.149. The monoisotopic (exact) mass is 589 g/mol. The van der Waals surface area contributed by atoms with Gasteiger partial charge in [-0.2, -0.15) is 0 Å².